The number of halogens is 2. The molecule has 2 fully saturated rings. The van der Waals surface area contributed by atoms with Crippen LogP contribution in [0.4, 0.5) is 8.78 Å². The third-order valence-corrected chi connectivity index (χ3v) is 7.29. The number of nitrogens with zero attached hydrogens (tertiary/aromatic N) is 1. The van der Waals surface area contributed by atoms with Gasteiger partial charge in [-0.05, 0) is 92.7 Å². The zero-order chi connectivity index (χ0) is 20.5. The zero-order valence-electron chi connectivity index (χ0n) is 17.6. The Morgan fingerprint density at radius 1 is 0.897 bits per heavy atom. The normalized spacial score (nSPS) is 27.8. The molecule has 0 saturated heterocycles. The second kappa shape index (κ2) is 11.5. The Kier molecular flexibility index (Phi) is 8.71. The highest BCUT2D eigenvalue weighted by Crippen LogP contribution is 2.40. The van der Waals surface area contributed by atoms with Crippen molar-refractivity contribution in [2.24, 2.45) is 17.8 Å². The maximum absolute atomic E-state index is 13.9. The van der Waals surface area contributed by atoms with E-state index in [-0.39, 0.29) is 18.1 Å². The van der Waals surface area contributed by atoms with Gasteiger partial charge in [0.05, 0.1) is 12.2 Å². The third-order valence-electron chi connectivity index (χ3n) is 7.29. The Bertz CT molecular complexity index is 689. The van der Waals surface area contributed by atoms with Gasteiger partial charge in [-0.3, -0.25) is 4.39 Å². The van der Waals surface area contributed by atoms with E-state index in [0.717, 1.165) is 42.6 Å². The largest absolute Gasteiger partial charge is 0.251 e. The van der Waals surface area contributed by atoms with Crippen LogP contribution in [0.5, 0.6) is 0 Å². The maximum atomic E-state index is 13.9. The summed E-state index contributed by atoms with van der Waals surface area (Å²) >= 11 is 0. The molecule has 1 aromatic rings. The molecule has 0 amide bonds. The Morgan fingerprint density at radius 2 is 1.52 bits per heavy atom. The van der Waals surface area contributed by atoms with Crippen molar-refractivity contribution in [1.82, 2.24) is 0 Å². The number of rotatable bonds is 8. The van der Waals surface area contributed by atoms with Crippen molar-refractivity contribution in [3.63, 3.8) is 0 Å². The Balaban J connectivity index is 1.34. The van der Waals surface area contributed by atoms with Crippen molar-refractivity contribution < 1.29 is 8.78 Å². The molecule has 29 heavy (non-hydrogen) atoms. The number of hydrogen-bond acceptors (Lipinski definition) is 1. The lowest BCUT2D eigenvalue weighted by molar-refractivity contribution is 0.231. The van der Waals surface area contributed by atoms with Gasteiger partial charge in [-0.15, -0.1) is 0 Å². The van der Waals surface area contributed by atoms with Crippen molar-refractivity contribution in [1.29, 1.82) is 5.26 Å². The molecular weight excluding hydrogens is 364 g/mol. The molecule has 0 N–H and O–H groups in total. The Morgan fingerprint density at radius 3 is 2.10 bits per heavy atom. The molecule has 0 heterocycles. The fourth-order valence-electron chi connectivity index (χ4n) is 5.36. The van der Waals surface area contributed by atoms with E-state index in [4.69, 9.17) is 5.26 Å². The molecule has 3 rings (SSSR count). The average molecular weight is 400 g/mol. The van der Waals surface area contributed by atoms with Gasteiger partial charge in [0.2, 0.25) is 0 Å². The van der Waals surface area contributed by atoms with Crippen LogP contribution in [-0.2, 0) is 0 Å². The Labute approximate surface area is 175 Å². The summed E-state index contributed by atoms with van der Waals surface area (Å²) in [4.78, 5) is 0. The summed E-state index contributed by atoms with van der Waals surface area (Å²) in [6.07, 6.45) is 18.8. The van der Waals surface area contributed by atoms with Gasteiger partial charge in [0, 0.05) is 0 Å². The molecule has 1 nitrogen and oxygen atoms in total. The smallest absolute Gasteiger partial charge is 0.141 e. The predicted molar refractivity (Wildman–Crippen MR) is 115 cm³/mol. The molecule has 0 aliphatic heterocycles. The first kappa shape index (κ1) is 22.0. The summed E-state index contributed by atoms with van der Waals surface area (Å²) in [6, 6.07) is 7.06. The van der Waals surface area contributed by atoms with Crippen molar-refractivity contribution in [2.45, 2.75) is 83.0 Å². The highest BCUT2D eigenvalue weighted by Gasteiger charge is 2.25. The fraction of sp³-hybridized carbons (Fsp3) is 0.654. The van der Waals surface area contributed by atoms with Crippen LogP contribution in [0.2, 0.25) is 0 Å². The summed E-state index contributed by atoms with van der Waals surface area (Å²) in [6.45, 7) is -0.241. The number of hydrogen-bond donors (Lipinski definition) is 0. The van der Waals surface area contributed by atoms with Crippen LogP contribution in [0.25, 0.3) is 0 Å². The molecule has 1 aromatic carbocycles. The third kappa shape index (κ3) is 6.66. The van der Waals surface area contributed by atoms with Crippen LogP contribution < -0.4 is 0 Å². The standard InChI is InChI=1S/C26H35F2N/c27-17-3-1-2-4-20-5-7-21(8-6-20)9-10-22-11-13-23(14-12-22)24-15-16-25(19-29)26(28)18-24/h1-2,15-16,18,20-23H,3-14,17H2. The molecule has 0 atom stereocenters. The first-order valence-corrected chi connectivity index (χ1v) is 11.6. The average Bonchev–Trinajstić information content (AvgIpc) is 2.76. The summed E-state index contributed by atoms with van der Waals surface area (Å²) in [5.74, 6) is 2.61. The SMILES string of the molecule is N#Cc1ccc(C2CCC(CCC3CCC(CC=CCCF)CC3)CC2)cc1F. The van der Waals surface area contributed by atoms with E-state index < -0.39 is 0 Å². The molecule has 2 saturated carbocycles. The molecule has 0 bridgehead atoms. The van der Waals surface area contributed by atoms with Crippen LogP contribution in [0.1, 0.15) is 94.1 Å². The van der Waals surface area contributed by atoms with Gasteiger partial charge in [-0.2, -0.15) is 5.26 Å². The molecule has 3 heteroatoms. The minimum Gasteiger partial charge on any atom is -0.251 e. The van der Waals surface area contributed by atoms with E-state index in [9.17, 15) is 8.78 Å². The minimum absolute atomic E-state index is 0.146. The molecular formula is C26H35F2N. The predicted octanol–water partition coefficient (Wildman–Crippen LogP) is 7.86. The number of allylic oxidation sites excluding steroid dienone is 2. The van der Waals surface area contributed by atoms with E-state index in [0.29, 0.717) is 12.3 Å². The molecule has 158 valence electrons. The quantitative estimate of drug-likeness (QED) is 0.408. The topological polar surface area (TPSA) is 23.8 Å². The molecule has 0 radical (unpaired) electrons. The molecule has 2 aliphatic carbocycles. The van der Waals surface area contributed by atoms with Gasteiger partial charge >= 0.3 is 0 Å². The van der Waals surface area contributed by atoms with Crippen molar-refractivity contribution in [3.8, 4) is 6.07 Å². The van der Waals surface area contributed by atoms with E-state index in [2.05, 4.69) is 6.08 Å². The number of nitriles is 1. The zero-order valence-corrected chi connectivity index (χ0v) is 17.6. The van der Waals surface area contributed by atoms with Crippen LogP contribution in [-0.4, -0.2) is 6.67 Å². The number of alkyl halides is 1. The molecule has 2 aliphatic rings. The lowest BCUT2D eigenvalue weighted by Crippen LogP contribution is -2.17. The monoisotopic (exact) mass is 399 g/mol. The van der Waals surface area contributed by atoms with Gasteiger partial charge in [0.15, 0.2) is 0 Å². The summed E-state index contributed by atoms with van der Waals surface area (Å²) < 4.78 is 26.0. The van der Waals surface area contributed by atoms with Gasteiger partial charge in [-0.1, -0.05) is 43.9 Å². The van der Waals surface area contributed by atoms with E-state index in [1.807, 2.05) is 18.2 Å². The summed E-state index contributed by atoms with van der Waals surface area (Å²) in [5, 5.41) is 8.89. The highest BCUT2D eigenvalue weighted by atomic mass is 19.1. The van der Waals surface area contributed by atoms with Crippen molar-refractivity contribution in [2.75, 3.05) is 6.67 Å². The fourth-order valence-corrected chi connectivity index (χ4v) is 5.36. The van der Waals surface area contributed by atoms with E-state index >= 15 is 0 Å². The summed E-state index contributed by atoms with van der Waals surface area (Å²) in [5.41, 5.74) is 1.21. The second-order valence-electron chi connectivity index (χ2n) is 9.22. The lowest BCUT2D eigenvalue weighted by atomic mass is 9.74. The van der Waals surface area contributed by atoms with Gasteiger partial charge in [-0.25, -0.2) is 4.39 Å². The van der Waals surface area contributed by atoms with E-state index in [1.54, 1.807) is 12.1 Å². The van der Waals surface area contributed by atoms with Crippen molar-refractivity contribution in [3.05, 3.63) is 47.3 Å². The molecule has 0 unspecified atom stereocenters. The first-order valence-electron chi connectivity index (χ1n) is 11.6. The molecule has 0 spiro atoms. The van der Waals surface area contributed by atoms with Gasteiger partial charge in [0.1, 0.15) is 11.9 Å². The number of benzene rings is 1. The van der Waals surface area contributed by atoms with Gasteiger partial charge in [0.25, 0.3) is 0 Å². The van der Waals surface area contributed by atoms with Crippen LogP contribution >= 0.6 is 0 Å². The van der Waals surface area contributed by atoms with Crippen LogP contribution in [0.3, 0.4) is 0 Å². The molecule has 0 aromatic heterocycles. The Hall–Kier alpha value is -1.69. The van der Waals surface area contributed by atoms with Gasteiger partial charge < -0.3 is 0 Å². The van der Waals surface area contributed by atoms with Crippen LogP contribution in [0, 0.1) is 34.9 Å². The summed E-state index contributed by atoms with van der Waals surface area (Å²) in [7, 11) is 0. The lowest BCUT2D eigenvalue weighted by Gasteiger charge is -2.32. The van der Waals surface area contributed by atoms with Crippen LogP contribution in [0.15, 0.2) is 30.4 Å². The van der Waals surface area contributed by atoms with E-state index in [1.165, 1.54) is 51.4 Å². The highest BCUT2D eigenvalue weighted by molar-refractivity contribution is 5.34. The second-order valence-corrected chi connectivity index (χ2v) is 9.22. The first-order chi connectivity index (χ1) is 14.2. The van der Waals surface area contributed by atoms with Crippen molar-refractivity contribution >= 4 is 0 Å². The minimum atomic E-state index is -0.374. The maximum Gasteiger partial charge on any atom is 0.141 e.